The van der Waals surface area contributed by atoms with E-state index in [1.807, 2.05) is 44.2 Å². The minimum Gasteiger partial charge on any atom is -0.478 e. The van der Waals surface area contributed by atoms with E-state index < -0.39 is 12.1 Å². The van der Waals surface area contributed by atoms with Crippen molar-refractivity contribution >= 4 is 5.97 Å². The smallest absolute Gasteiger partial charge is 0.345 e. The first-order chi connectivity index (χ1) is 10.9. The molecule has 0 aromatic heterocycles. The Labute approximate surface area is 137 Å². The number of carboxylic acids is 1. The molecule has 0 unspecified atom stereocenters. The fourth-order valence-corrected chi connectivity index (χ4v) is 2.38. The third kappa shape index (κ3) is 4.59. The molecule has 0 spiro atoms. The van der Waals surface area contributed by atoms with Crippen LogP contribution in [-0.4, -0.2) is 17.2 Å². The van der Waals surface area contributed by atoms with E-state index in [1.54, 1.807) is 0 Å². The van der Waals surface area contributed by atoms with Gasteiger partial charge < -0.3 is 9.84 Å². The summed E-state index contributed by atoms with van der Waals surface area (Å²) in [5, 5.41) is 9.44. The van der Waals surface area contributed by atoms with Crippen molar-refractivity contribution in [1.29, 1.82) is 0 Å². The van der Waals surface area contributed by atoms with E-state index in [4.69, 9.17) is 4.74 Å². The Balaban J connectivity index is 2.12. The number of aliphatic carboxylic acids is 1. The average molecular weight is 312 g/mol. The third-order valence-corrected chi connectivity index (χ3v) is 4.10. The fourth-order valence-electron chi connectivity index (χ4n) is 2.38. The van der Waals surface area contributed by atoms with Crippen LogP contribution in [0, 0.1) is 13.8 Å². The zero-order valence-electron chi connectivity index (χ0n) is 14.2. The van der Waals surface area contributed by atoms with Crippen molar-refractivity contribution in [1.82, 2.24) is 0 Å². The Morgan fingerprint density at radius 3 is 2.22 bits per heavy atom. The van der Waals surface area contributed by atoms with Crippen LogP contribution in [-0.2, 0) is 11.2 Å². The lowest BCUT2D eigenvalue weighted by Crippen LogP contribution is -2.29. The maximum absolute atomic E-state index is 11.5. The second kappa shape index (κ2) is 7.32. The third-order valence-electron chi connectivity index (χ3n) is 4.10. The van der Waals surface area contributed by atoms with Gasteiger partial charge in [-0.2, -0.15) is 0 Å². The van der Waals surface area contributed by atoms with Crippen molar-refractivity contribution in [3.63, 3.8) is 0 Å². The maximum atomic E-state index is 11.5. The molecular formula is C20H24O3. The number of aryl methyl sites for hydroxylation is 2. The van der Waals surface area contributed by atoms with Gasteiger partial charge >= 0.3 is 5.97 Å². The van der Waals surface area contributed by atoms with E-state index in [0.29, 0.717) is 18.1 Å². The summed E-state index contributed by atoms with van der Waals surface area (Å²) < 4.78 is 5.69. The molecule has 2 aromatic carbocycles. The molecule has 3 nitrogen and oxygen atoms in total. The van der Waals surface area contributed by atoms with Crippen molar-refractivity contribution in [2.75, 3.05) is 0 Å². The molecule has 0 amide bonds. The second-order valence-corrected chi connectivity index (χ2v) is 6.29. The van der Waals surface area contributed by atoms with Crippen LogP contribution < -0.4 is 4.74 Å². The summed E-state index contributed by atoms with van der Waals surface area (Å²) in [5.74, 6) is 0.113. The van der Waals surface area contributed by atoms with E-state index in [2.05, 4.69) is 26.0 Å². The van der Waals surface area contributed by atoms with E-state index in [1.165, 1.54) is 5.56 Å². The summed E-state index contributed by atoms with van der Waals surface area (Å²) in [5.41, 5.74) is 4.46. The Kier molecular flexibility index (Phi) is 5.43. The number of hydrogen-bond acceptors (Lipinski definition) is 2. The number of benzene rings is 2. The SMILES string of the molecule is Cc1ccc(O[C@H](Cc2ccc(C(C)C)cc2)C(=O)O)cc1C. The van der Waals surface area contributed by atoms with Crippen LogP contribution in [0.1, 0.15) is 42.0 Å². The van der Waals surface area contributed by atoms with Gasteiger partial charge in [-0.1, -0.05) is 44.2 Å². The largest absolute Gasteiger partial charge is 0.478 e. The minimum absolute atomic E-state index is 0.348. The second-order valence-electron chi connectivity index (χ2n) is 6.29. The topological polar surface area (TPSA) is 46.5 Å². The number of ether oxygens (including phenoxy) is 1. The van der Waals surface area contributed by atoms with Gasteiger partial charge in [-0.3, -0.25) is 0 Å². The van der Waals surface area contributed by atoms with Gasteiger partial charge in [-0.25, -0.2) is 4.79 Å². The first kappa shape index (κ1) is 17.1. The summed E-state index contributed by atoms with van der Waals surface area (Å²) >= 11 is 0. The fraction of sp³-hybridized carbons (Fsp3) is 0.350. The summed E-state index contributed by atoms with van der Waals surface area (Å²) in [4.78, 5) is 11.5. The molecule has 0 saturated heterocycles. The molecule has 0 aliphatic rings. The highest BCUT2D eigenvalue weighted by molar-refractivity contribution is 5.73. The zero-order chi connectivity index (χ0) is 17.0. The highest BCUT2D eigenvalue weighted by Crippen LogP contribution is 2.20. The van der Waals surface area contributed by atoms with Crippen LogP contribution in [0.3, 0.4) is 0 Å². The lowest BCUT2D eigenvalue weighted by atomic mass is 9.99. The predicted octanol–water partition coefficient (Wildman–Crippen LogP) is 4.50. The quantitative estimate of drug-likeness (QED) is 0.854. The first-order valence-electron chi connectivity index (χ1n) is 7.92. The lowest BCUT2D eigenvalue weighted by Gasteiger charge is -2.16. The van der Waals surface area contributed by atoms with Crippen LogP contribution >= 0.6 is 0 Å². The molecule has 0 aliphatic carbocycles. The first-order valence-corrected chi connectivity index (χ1v) is 7.92. The van der Waals surface area contributed by atoms with Crippen LogP contribution in [0.5, 0.6) is 5.75 Å². The van der Waals surface area contributed by atoms with Gasteiger partial charge in [0, 0.05) is 6.42 Å². The van der Waals surface area contributed by atoms with Crippen LogP contribution in [0.25, 0.3) is 0 Å². The Hall–Kier alpha value is -2.29. The van der Waals surface area contributed by atoms with Crippen LogP contribution in [0.4, 0.5) is 0 Å². The van der Waals surface area contributed by atoms with Crippen molar-refractivity contribution in [2.24, 2.45) is 0 Å². The molecule has 0 fully saturated rings. The lowest BCUT2D eigenvalue weighted by molar-refractivity contribution is -0.145. The van der Waals surface area contributed by atoms with E-state index in [-0.39, 0.29) is 0 Å². The molecule has 0 aliphatic heterocycles. The van der Waals surface area contributed by atoms with Gasteiger partial charge in [0.25, 0.3) is 0 Å². The molecule has 0 saturated carbocycles. The summed E-state index contributed by atoms with van der Waals surface area (Å²) in [7, 11) is 0. The van der Waals surface area contributed by atoms with E-state index in [9.17, 15) is 9.90 Å². The molecule has 0 radical (unpaired) electrons. The van der Waals surface area contributed by atoms with E-state index >= 15 is 0 Å². The molecule has 2 rings (SSSR count). The highest BCUT2D eigenvalue weighted by atomic mass is 16.5. The number of rotatable bonds is 6. The Morgan fingerprint density at radius 2 is 1.70 bits per heavy atom. The normalized spacial score (nSPS) is 12.2. The van der Waals surface area contributed by atoms with E-state index in [0.717, 1.165) is 16.7 Å². The average Bonchev–Trinajstić information content (AvgIpc) is 2.50. The molecule has 1 N–H and O–H groups in total. The number of hydrogen-bond donors (Lipinski definition) is 1. The van der Waals surface area contributed by atoms with Crippen molar-refractivity contribution in [3.05, 3.63) is 64.7 Å². The van der Waals surface area contributed by atoms with Gasteiger partial charge in [-0.15, -0.1) is 0 Å². The van der Waals surface area contributed by atoms with Gasteiger partial charge in [0.1, 0.15) is 5.75 Å². The molecule has 2 aromatic rings. The van der Waals surface area contributed by atoms with Crippen LogP contribution in [0.2, 0.25) is 0 Å². The predicted molar refractivity (Wildman–Crippen MR) is 92.2 cm³/mol. The van der Waals surface area contributed by atoms with Gasteiger partial charge in [0.05, 0.1) is 0 Å². The molecular weight excluding hydrogens is 288 g/mol. The summed E-state index contributed by atoms with van der Waals surface area (Å²) in [6.07, 6.45) is -0.539. The minimum atomic E-state index is -0.948. The van der Waals surface area contributed by atoms with Crippen molar-refractivity contribution in [3.8, 4) is 5.75 Å². The zero-order valence-corrected chi connectivity index (χ0v) is 14.2. The van der Waals surface area contributed by atoms with Crippen molar-refractivity contribution < 1.29 is 14.6 Å². The monoisotopic (exact) mass is 312 g/mol. The summed E-state index contributed by atoms with van der Waals surface area (Å²) in [6, 6.07) is 13.7. The Morgan fingerprint density at radius 1 is 1.04 bits per heavy atom. The molecule has 1 atom stereocenters. The van der Waals surface area contributed by atoms with Gasteiger partial charge in [-0.05, 0) is 54.2 Å². The highest BCUT2D eigenvalue weighted by Gasteiger charge is 2.20. The van der Waals surface area contributed by atoms with Gasteiger partial charge in [0.2, 0.25) is 0 Å². The molecule has 23 heavy (non-hydrogen) atoms. The number of carbonyl (C=O) groups is 1. The number of carboxylic acid groups (broad SMARTS) is 1. The van der Waals surface area contributed by atoms with Gasteiger partial charge in [0.15, 0.2) is 6.10 Å². The maximum Gasteiger partial charge on any atom is 0.345 e. The Bertz CT molecular complexity index is 672. The standard InChI is InChI=1S/C20H24O3/c1-13(2)17-8-6-16(7-9-17)12-19(20(21)22)23-18-10-5-14(3)15(4)11-18/h5-11,13,19H,12H2,1-4H3,(H,21,22)/t19-/m1/s1. The molecule has 0 heterocycles. The molecule has 122 valence electrons. The molecule has 3 heteroatoms. The summed E-state index contributed by atoms with van der Waals surface area (Å²) in [6.45, 7) is 8.28. The molecule has 0 bridgehead atoms. The van der Waals surface area contributed by atoms with Crippen LogP contribution in [0.15, 0.2) is 42.5 Å². The van der Waals surface area contributed by atoms with Crippen molar-refractivity contribution in [2.45, 2.75) is 46.1 Å².